The molecule has 106 valence electrons. The molecule has 3 rings (SSSR count). The molecule has 2 atom stereocenters. The number of hydrogen-bond acceptors (Lipinski definition) is 2. The monoisotopic (exact) mass is 281 g/mol. The van der Waals surface area contributed by atoms with E-state index in [0.717, 1.165) is 11.1 Å². The molecular formula is C18H16FNO. The third-order valence-electron chi connectivity index (χ3n) is 4.33. The van der Waals surface area contributed by atoms with Crippen molar-refractivity contribution >= 4 is 0 Å². The summed E-state index contributed by atoms with van der Waals surface area (Å²) in [5.41, 5.74) is 0.985. The first-order valence-electron chi connectivity index (χ1n) is 7.01. The summed E-state index contributed by atoms with van der Waals surface area (Å²) in [4.78, 5) is 0. The Hall–Kier alpha value is -2.18. The van der Waals surface area contributed by atoms with Gasteiger partial charge in [-0.2, -0.15) is 5.26 Å². The van der Waals surface area contributed by atoms with Crippen molar-refractivity contribution in [1.82, 2.24) is 0 Å². The Labute approximate surface area is 123 Å². The Bertz CT molecular complexity index is 677. The van der Waals surface area contributed by atoms with Gasteiger partial charge in [-0.15, -0.1) is 0 Å². The van der Waals surface area contributed by atoms with E-state index in [2.05, 4.69) is 6.07 Å². The van der Waals surface area contributed by atoms with Gasteiger partial charge in [0.2, 0.25) is 0 Å². The van der Waals surface area contributed by atoms with Gasteiger partial charge < -0.3 is 4.74 Å². The van der Waals surface area contributed by atoms with Crippen LogP contribution >= 0.6 is 0 Å². The van der Waals surface area contributed by atoms with Crippen LogP contribution in [0.4, 0.5) is 4.39 Å². The molecule has 0 unspecified atom stereocenters. The van der Waals surface area contributed by atoms with Crippen LogP contribution in [-0.2, 0) is 15.9 Å². The van der Waals surface area contributed by atoms with E-state index in [1.165, 1.54) is 12.1 Å². The number of nitrogens with zero attached hydrogens (tertiary/aromatic N) is 1. The lowest BCUT2D eigenvalue weighted by molar-refractivity contribution is 0.263. The Morgan fingerprint density at radius 3 is 2.33 bits per heavy atom. The maximum Gasteiger partial charge on any atom is 0.128 e. The quantitative estimate of drug-likeness (QED) is 0.785. The molecule has 0 saturated carbocycles. The Morgan fingerprint density at radius 2 is 1.71 bits per heavy atom. The third kappa shape index (κ3) is 2.12. The van der Waals surface area contributed by atoms with Gasteiger partial charge in [-0.3, -0.25) is 0 Å². The van der Waals surface area contributed by atoms with Crippen molar-refractivity contribution in [2.45, 2.75) is 31.0 Å². The number of rotatable bonds is 4. The Morgan fingerprint density at radius 1 is 1.05 bits per heavy atom. The maximum atomic E-state index is 13.1. The molecule has 1 saturated heterocycles. The fourth-order valence-electron chi connectivity index (χ4n) is 3.09. The molecular weight excluding hydrogens is 265 g/mol. The van der Waals surface area contributed by atoms with Crippen LogP contribution in [0.3, 0.4) is 0 Å². The fourth-order valence-corrected chi connectivity index (χ4v) is 3.09. The van der Waals surface area contributed by atoms with Gasteiger partial charge in [0.15, 0.2) is 0 Å². The standard InChI is InChI=1S/C18H16FNO/c1-17(14-8-10-16(19)11-9-14)18(21-17,12-5-13-20)15-6-3-2-4-7-15/h2-4,6-11H,5,12H2,1H3/t17-,18+/m1/s1. The summed E-state index contributed by atoms with van der Waals surface area (Å²) in [6, 6.07) is 18.5. The first kappa shape index (κ1) is 13.8. The molecule has 1 fully saturated rings. The summed E-state index contributed by atoms with van der Waals surface area (Å²) in [5, 5.41) is 8.93. The highest BCUT2D eigenvalue weighted by molar-refractivity contribution is 5.40. The third-order valence-corrected chi connectivity index (χ3v) is 4.33. The number of halogens is 1. The highest BCUT2D eigenvalue weighted by atomic mass is 19.1. The highest BCUT2D eigenvalue weighted by Gasteiger charge is 2.67. The molecule has 2 aromatic rings. The van der Waals surface area contributed by atoms with Crippen molar-refractivity contribution < 1.29 is 9.13 Å². The van der Waals surface area contributed by atoms with Crippen molar-refractivity contribution in [2.24, 2.45) is 0 Å². The van der Waals surface area contributed by atoms with E-state index >= 15 is 0 Å². The minimum Gasteiger partial charge on any atom is -0.353 e. The van der Waals surface area contributed by atoms with Crippen molar-refractivity contribution in [3.63, 3.8) is 0 Å². The molecule has 21 heavy (non-hydrogen) atoms. The van der Waals surface area contributed by atoms with E-state index in [0.29, 0.717) is 12.8 Å². The van der Waals surface area contributed by atoms with Gasteiger partial charge in [0.05, 0.1) is 6.07 Å². The van der Waals surface area contributed by atoms with Gasteiger partial charge in [0.1, 0.15) is 17.0 Å². The van der Waals surface area contributed by atoms with Gasteiger partial charge in [-0.25, -0.2) is 4.39 Å². The molecule has 0 N–H and O–H groups in total. The average Bonchev–Trinajstić information content (AvgIpc) is 3.14. The van der Waals surface area contributed by atoms with Gasteiger partial charge in [0, 0.05) is 6.42 Å². The molecule has 1 heterocycles. The predicted octanol–water partition coefficient (Wildman–Crippen LogP) is 4.27. The van der Waals surface area contributed by atoms with Gasteiger partial charge in [-0.1, -0.05) is 42.5 Å². The molecule has 1 aliphatic rings. The van der Waals surface area contributed by atoms with Crippen LogP contribution < -0.4 is 0 Å². The smallest absolute Gasteiger partial charge is 0.128 e. The zero-order chi connectivity index (χ0) is 14.9. The minimum absolute atomic E-state index is 0.259. The average molecular weight is 281 g/mol. The molecule has 3 heteroatoms. The highest BCUT2D eigenvalue weighted by Crippen LogP contribution is 2.64. The topological polar surface area (TPSA) is 36.3 Å². The molecule has 1 aliphatic heterocycles. The Kier molecular flexibility index (Phi) is 3.27. The molecule has 0 radical (unpaired) electrons. The number of ether oxygens (including phenoxy) is 1. The molecule has 0 aliphatic carbocycles. The first-order valence-corrected chi connectivity index (χ1v) is 7.01. The van der Waals surface area contributed by atoms with E-state index in [-0.39, 0.29) is 5.82 Å². The van der Waals surface area contributed by atoms with Gasteiger partial charge in [-0.05, 0) is 36.6 Å². The number of hydrogen-bond donors (Lipinski definition) is 0. The maximum absolute atomic E-state index is 13.1. The minimum atomic E-state index is -0.515. The van der Waals surface area contributed by atoms with Crippen LogP contribution in [-0.4, -0.2) is 0 Å². The second-order valence-electron chi connectivity index (χ2n) is 5.49. The van der Waals surface area contributed by atoms with E-state index < -0.39 is 11.2 Å². The van der Waals surface area contributed by atoms with Crippen LogP contribution in [0.25, 0.3) is 0 Å². The molecule has 0 amide bonds. The summed E-state index contributed by atoms with van der Waals surface area (Å²) in [6.45, 7) is 2.00. The second-order valence-corrected chi connectivity index (χ2v) is 5.49. The lowest BCUT2D eigenvalue weighted by Gasteiger charge is -2.17. The van der Waals surface area contributed by atoms with Crippen LogP contribution in [0.2, 0.25) is 0 Å². The van der Waals surface area contributed by atoms with Crippen molar-refractivity contribution in [1.29, 1.82) is 5.26 Å². The van der Waals surface area contributed by atoms with E-state index in [1.807, 2.05) is 37.3 Å². The molecule has 2 nitrogen and oxygen atoms in total. The van der Waals surface area contributed by atoms with Crippen LogP contribution in [0.1, 0.15) is 30.9 Å². The zero-order valence-electron chi connectivity index (χ0n) is 11.8. The summed E-state index contributed by atoms with van der Waals surface area (Å²) in [5.74, 6) is -0.259. The summed E-state index contributed by atoms with van der Waals surface area (Å²) < 4.78 is 19.3. The SMILES string of the molecule is C[C@]1(c2ccc(F)cc2)O[C@@]1(CCC#N)c1ccccc1. The van der Waals surface area contributed by atoms with Crippen LogP contribution in [0.15, 0.2) is 54.6 Å². The van der Waals surface area contributed by atoms with Gasteiger partial charge in [0.25, 0.3) is 0 Å². The number of benzene rings is 2. The van der Waals surface area contributed by atoms with Crippen molar-refractivity contribution in [2.75, 3.05) is 0 Å². The van der Waals surface area contributed by atoms with Crippen LogP contribution in [0, 0.1) is 17.1 Å². The number of epoxide rings is 1. The lowest BCUT2D eigenvalue weighted by Crippen LogP contribution is -2.20. The lowest BCUT2D eigenvalue weighted by atomic mass is 9.80. The largest absolute Gasteiger partial charge is 0.353 e. The van der Waals surface area contributed by atoms with Gasteiger partial charge >= 0.3 is 0 Å². The zero-order valence-corrected chi connectivity index (χ0v) is 11.8. The molecule has 0 bridgehead atoms. The fraction of sp³-hybridized carbons (Fsp3) is 0.278. The van der Waals surface area contributed by atoms with E-state index in [4.69, 9.17) is 10.00 Å². The van der Waals surface area contributed by atoms with E-state index in [9.17, 15) is 4.39 Å². The molecule has 0 spiro atoms. The second kappa shape index (κ2) is 4.98. The summed E-state index contributed by atoms with van der Waals surface area (Å²) in [6.07, 6.45) is 1.05. The normalized spacial score (nSPS) is 27.1. The van der Waals surface area contributed by atoms with Crippen LogP contribution in [0.5, 0.6) is 0 Å². The van der Waals surface area contributed by atoms with Crippen molar-refractivity contribution in [3.8, 4) is 6.07 Å². The predicted molar refractivity (Wildman–Crippen MR) is 77.8 cm³/mol. The summed E-state index contributed by atoms with van der Waals surface area (Å²) >= 11 is 0. The first-order chi connectivity index (χ1) is 10.1. The summed E-state index contributed by atoms with van der Waals surface area (Å²) in [7, 11) is 0. The molecule has 2 aromatic carbocycles. The van der Waals surface area contributed by atoms with Crippen molar-refractivity contribution in [3.05, 3.63) is 71.5 Å². The number of nitriles is 1. The molecule has 0 aromatic heterocycles. The van der Waals surface area contributed by atoms with E-state index in [1.54, 1.807) is 12.1 Å². The Balaban J connectivity index is 2.01.